The SMILES string of the molecule is N[C@@H](Cc1ccccc1)C(=O)NS(=O)(=O)C1CC1. The number of hydrogen-bond acceptors (Lipinski definition) is 4. The summed E-state index contributed by atoms with van der Waals surface area (Å²) in [5.41, 5.74) is 6.61. The van der Waals surface area contributed by atoms with Gasteiger partial charge in [0.2, 0.25) is 10.0 Å². The molecule has 1 saturated carbocycles. The Hall–Kier alpha value is -1.40. The first-order valence-electron chi connectivity index (χ1n) is 5.84. The molecule has 0 saturated heterocycles. The van der Waals surface area contributed by atoms with Gasteiger partial charge >= 0.3 is 0 Å². The molecule has 0 heterocycles. The smallest absolute Gasteiger partial charge is 0.250 e. The number of rotatable bonds is 5. The first-order valence-corrected chi connectivity index (χ1v) is 7.38. The van der Waals surface area contributed by atoms with Crippen LogP contribution in [0.5, 0.6) is 0 Å². The van der Waals surface area contributed by atoms with Crippen molar-refractivity contribution in [1.82, 2.24) is 4.72 Å². The molecule has 0 radical (unpaired) electrons. The van der Waals surface area contributed by atoms with Crippen LogP contribution in [-0.4, -0.2) is 25.6 Å². The molecule has 0 bridgehead atoms. The summed E-state index contributed by atoms with van der Waals surface area (Å²) < 4.78 is 25.2. The van der Waals surface area contributed by atoms with E-state index in [1.807, 2.05) is 35.1 Å². The Morgan fingerprint density at radius 1 is 1.33 bits per heavy atom. The lowest BCUT2D eigenvalue weighted by molar-refractivity contribution is -0.120. The molecule has 1 fully saturated rings. The predicted octanol–water partition coefficient (Wildman–Crippen LogP) is 0.165. The fourth-order valence-electron chi connectivity index (χ4n) is 1.64. The highest BCUT2D eigenvalue weighted by molar-refractivity contribution is 7.90. The largest absolute Gasteiger partial charge is 0.320 e. The van der Waals surface area contributed by atoms with Gasteiger partial charge in [0.05, 0.1) is 11.3 Å². The van der Waals surface area contributed by atoms with Gasteiger partial charge in [-0.25, -0.2) is 8.42 Å². The van der Waals surface area contributed by atoms with Gasteiger partial charge in [-0.2, -0.15) is 0 Å². The molecule has 0 aliphatic heterocycles. The number of sulfonamides is 1. The van der Waals surface area contributed by atoms with Crippen molar-refractivity contribution in [2.24, 2.45) is 5.73 Å². The molecule has 1 aliphatic carbocycles. The third-order valence-corrected chi connectivity index (χ3v) is 4.68. The molecule has 6 heteroatoms. The van der Waals surface area contributed by atoms with E-state index in [1.54, 1.807) is 0 Å². The van der Waals surface area contributed by atoms with Crippen molar-refractivity contribution in [3.8, 4) is 0 Å². The van der Waals surface area contributed by atoms with Crippen molar-refractivity contribution in [1.29, 1.82) is 0 Å². The van der Waals surface area contributed by atoms with Crippen molar-refractivity contribution < 1.29 is 13.2 Å². The van der Waals surface area contributed by atoms with Crippen LogP contribution in [-0.2, 0) is 21.2 Å². The molecular weight excluding hydrogens is 252 g/mol. The molecule has 1 amide bonds. The Morgan fingerprint density at radius 3 is 2.50 bits per heavy atom. The molecule has 0 spiro atoms. The van der Waals surface area contributed by atoms with Crippen molar-refractivity contribution >= 4 is 15.9 Å². The van der Waals surface area contributed by atoms with E-state index < -0.39 is 27.2 Å². The van der Waals surface area contributed by atoms with E-state index in [0.29, 0.717) is 19.3 Å². The summed E-state index contributed by atoms with van der Waals surface area (Å²) in [5.74, 6) is -0.634. The van der Waals surface area contributed by atoms with Gasteiger partial charge in [-0.15, -0.1) is 0 Å². The monoisotopic (exact) mass is 268 g/mol. The average molecular weight is 268 g/mol. The van der Waals surface area contributed by atoms with Gasteiger partial charge in [0.25, 0.3) is 5.91 Å². The Kier molecular flexibility index (Phi) is 3.68. The summed E-state index contributed by atoms with van der Waals surface area (Å²) in [6, 6.07) is 8.42. The van der Waals surface area contributed by atoms with Crippen molar-refractivity contribution in [2.45, 2.75) is 30.6 Å². The van der Waals surface area contributed by atoms with Crippen LogP contribution in [0.3, 0.4) is 0 Å². The van der Waals surface area contributed by atoms with E-state index in [2.05, 4.69) is 0 Å². The maximum Gasteiger partial charge on any atom is 0.250 e. The third-order valence-electron chi connectivity index (χ3n) is 2.84. The van der Waals surface area contributed by atoms with Crippen LogP contribution in [0.25, 0.3) is 0 Å². The van der Waals surface area contributed by atoms with Crippen LogP contribution < -0.4 is 10.5 Å². The molecule has 1 aromatic carbocycles. The van der Waals surface area contributed by atoms with Gasteiger partial charge < -0.3 is 5.73 Å². The van der Waals surface area contributed by atoms with Crippen LogP contribution >= 0.6 is 0 Å². The Balaban J connectivity index is 1.93. The molecule has 3 N–H and O–H groups in total. The Labute approximate surface area is 106 Å². The fourth-order valence-corrected chi connectivity index (χ4v) is 2.99. The minimum Gasteiger partial charge on any atom is -0.320 e. The molecule has 2 rings (SSSR count). The molecule has 1 aliphatic rings. The van der Waals surface area contributed by atoms with E-state index >= 15 is 0 Å². The highest BCUT2D eigenvalue weighted by Crippen LogP contribution is 2.27. The molecule has 98 valence electrons. The summed E-state index contributed by atoms with van der Waals surface area (Å²) in [7, 11) is -3.50. The number of benzene rings is 1. The molecular formula is C12H16N2O3S. The number of nitrogens with two attached hydrogens (primary N) is 1. The summed E-state index contributed by atoms with van der Waals surface area (Å²) >= 11 is 0. The number of carbonyl (C=O) groups excluding carboxylic acids is 1. The van der Waals surface area contributed by atoms with Gasteiger partial charge in [-0.3, -0.25) is 9.52 Å². The predicted molar refractivity (Wildman–Crippen MR) is 68.2 cm³/mol. The van der Waals surface area contributed by atoms with Crippen LogP contribution in [0.4, 0.5) is 0 Å². The van der Waals surface area contributed by atoms with E-state index in [9.17, 15) is 13.2 Å². The zero-order valence-corrected chi connectivity index (χ0v) is 10.7. The van der Waals surface area contributed by atoms with Crippen LogP contribution in [0.2, 0.25) is 0 Å². The lowest BCUT2D eigenvalue weighted by Crippen LogP contribution is -2.45. The second kappa shape index (κ2) is 5.07. The minimum absolute atomic E-state index is 0.326. The molecule has 0 aromatic heterocycles. The summed E-state index contributed by atoms with van der Waals surface area (Å²) in [6.07, 6.45) is 1.57. The average Bonchev–Trinajstić information content (AvgIpc) is 3.13. The van der Waals surface area contributed by atoms with Gasteiger partial charge in [-0.1, -0.05) is 30.3 Å². The van der Waals surface area contributed by atoms with E-state index in [1.165, 1.54) is 0 Å². The zero-order chi connectivity index (χ0) is 13.2. The number of nitrogens with one attached hydrogen (secondary N) is 1. The fraction of sp³-hybridized carbons (Fsp3) is 0.417. The molecule has 18 heavy (non-hydrogen) atoms. The second-order valence-corrected chi connectivity index (χ2v) is 6.47. The van der Waals surface area contributed by atoms with E-state index in [0.717, 1.165) is 5.56 Å². The quantitative estimate of drug-likeness (QED) is 0.796. The van der Waals surface area contributed by atoms with Crippen molar-refractivity contribution in [3.05, 3.63) is 35.9 Å². The summed E-state index contributed by atoms with van der Waals surface area (Å²) in [6.45, 7) is 0. The maximum absolute atomic E-state index is 11.7. The van der Waals surface area contributed by atoms with E-state index in [-0.39, 0.29) is 0 Å². The molecule has 1 aromatic rings. The summed E-state index contributed by atoms with van der Waals surface area (Å²) in [4.78, 5) is 11.7. The van der Waals surface area contributed by atoms with Gasteiger partial charge in [0.15, 0.2) is 0 Å². The van der Waals surface area contributed by atoms with Gasteiger partial charge in [0, 0.05) is 0 Å². The number of carbonyl (C=O) groups is 1. The standard InChI is InChI=1S/C12H16N2O3S/c13-11(8-9-4-2-1-3-5-9)12(15)14-18(16,17)10-6-7-10/h1-5,10-11H,6-8,13H2,(H,14,15)/t11-/m0/s1. The first-order chi connectivity index (χ1) is 8.49. The lowest BCUT2D eigenvalue weighted by Gasteiger charge is -2.12. The first kappa shape index (κ1) is 13.0. The number of amides is 1. The van der Waals surface area contributed by atoms with Crippen LogP contribution in [0.1, 0.15) is 18.4 Å². The van der Waals surface area contributed by atoms with E-state index in [4.69, 9.17) is 5.73 Å². The lowest BCUT2D eigenvalue weighted by atomic mass is 10.1. The minimum atomic E-state index is -3.50. The van der Waals surface area contributed by atoms with Gasteiger partial charge in [-0.05, 0) is 24.8 Å². The molecule has 5 nitrogen and oxygen atoms in total. The molecule has 0 unspecified atom stereocenters. The van der Waals surface area contributed by atoms with Crippen molar-refractivity contribution in [2.75, 3.05) is 0 Å². The second-order valence-electron chi connectivity index (χ2n) is 4.51. The molecule has 1 atom stereocenters. The van der Waals surface area contributed by atoms with Crippen LogP contribution in [0.15, 0.2) is 30.3 Å². The topological polar surface area (TPSA) is 89.3 Å². The van der Waals surface area contributed by atoms with Gasteiger partial charge in [0.1, 0.15) is 0 Å². The number of hydrogen-bond donors (Lipinski definition) is 2. The van der Waals surface area contributed by atoms with Crippen molar-refractivity contribution in [3.63, 3.8) is 0 Å². The highest BCUT2D eigenvalue weighted by atomic mass is 32.2. The zero-order valence-electron chi connectivity index (χ0n) is 9.87. The Morgan fingerprint density at radius 2 is 1.94 bits per heavy atom. The highest BCUT2D eigenvalue weighted by Gasteiger charge is 2.37. The van der Waals surface area contributed by atoms with Crippen LogP contribution in [0, 0.1) is 0 Å². The summed E-state index contributed by atoms with van der Waals surface area (Å²) in [5, 5.41) is -0.412. The maximum atomic E-state index is 11.7. The Bertz CT molecular complexity index is 524. The normalized spacial score (nSPS) is 17.2. The third kappa shape index (κ3) is 3.30.